The Labute approximate surface area is 210 Å². The fourth-order valence-electron chi connectivity index (χ4n) is 4.50. The Morgan fingerprint density at radius 2 is 1.03 bits per heavy atom. The summed E-state index contributed by atoms with van der Waals surface area (Å²) in [4.78, 5) is 24.1. The Kier molecular flexibility index (Phi) is 19.2. The van der Waals surface area contributed by atoms with Crippen molar-refractivity contribution in [2.24, 2.45) is 0 Å². The topological polar surface area (TPSA) is 58.2 Å². The molecule has 0 fully saturated rings. The number of benzene rings is 1. The summed E-state index contributed by atoms with van der Waals surface area (Å²) < 4.78 is 0. The van der Waals surface area contributed by atoms with E-state index in [-0.39, 0.29) is 11.8 Å². The van der Waals surface area contributed by atoms with E-state index in [2.05, 4.69) is 17.6 Å². The number of para-hydroxylation sites is 1. The first kappa shape index (κ1) is 30.2. The summed E-state index contributed by atoms with van der Waals surface area (Å²) in [6.45, 7) is 2.28. The summed E-state index contributed by atoms with van der Waals surface area (Å²) in [6, 6.07) is 7.14. The number of hydrogen-bond acceptors (Lipinski definition) is 2. The van der Waals surface area contributed by atoms with Gasteiger partial charge in [-0.15, -0.1) is 0 Å². The highest BCUT2D eigenvalue weighted by Crippen LogP contribution is 2.17. The molecule has 194 valence electrons. The van der Waals surface area contributed by atoms with Gasteiger partial charge in [0.15, 0.2) is 0 Å². The van der Waals surface area contributed by atoms with Crippen LogP contribution in [0.2, 0.25) is 0 Å². The van der Waals surface area contributed by atoms with E-state index in [1.165, 1.54) is 109 Å². The summed E-state index contributed by atoms with van der Waals surface area (Å²) >= 11 is 0. The lowest BCUT2D eigenvalue weighted by Gasteiger charge is -2.10. The van der Waals surface area contributed by atoms with E-state index >= 15 is 0 Å². The van der Waals surface area contributed by atoms with Gasteiger partial charge in [-0.3, -0.25) is 9.59 Å². The van der Waals surface area contributed by atoms with Gasteiger partial charge in [0.2, 0.25) is 5.91 Å². The van der Waals surface area contributed by atoms with Gasteiger partial charge in [0, 0.05) is 13.5 Å². The average molecular weight is 473 g/mol. The maximum atomic E-state index is 12.2. The zero-order valence-electron chi connectivity index (χ0n) is 22.3. The van der Waals surface area contributed by atoms with Crippen molar-refractivity contribution < 1.29 is 9.59 Å². The van der Waals surface area contributed by atoms with E-state index in [9.17, 15) is 9.59 Å². The highest BCUT2D eigenvalue weighted by molar-refractivity contribution is 6.03. The summed E-state index contributed by atoms with van der Waals surface area (Å²) in [6.07, 6.45) is 26.1. The molecule has 0 aliphatic carbocycles. The molecule has 4 heteroatoms. The molecule has 0 saturated heterocycles. The molecule has 1 rings (SSSR count). The normalized spacial score (nSPS) is 10.9. The zero-order chi connectivity index (χ0) is 24.7. The van der Waals surface area contributed by atoms with Crippen molar-refractivity contribution in [1.29, 1.82) is 0 Å². The number of rotatable bonds is 22. The molecule has 0 aliphatic rings. The van der Waals surface area contributed by atoms with Crippen LogP contribution in [-0.2, 0) is 4.79 Å². The minimum absolute atomic E-state index is 0.0108. The van der Waals surface area contributed by atoms with Crippen LogP contribution in [0.15, 0.2) is 24.3 Å². The third-order valence-electron chi connectivity index (χ3n) is 6.68. The number of carbonyl (C=O) groups excluding carboxylic acids is 2. The predicted octanol–water partition coefficient (Wildman–Crippen LogP) is 8.81. The minimum Gasteiger partial charge on any atom is -0.355 e. The maximum Gasteiger partial charge on any atom is 0.253 e. The van der Waals surface area contributed by atoms with Gasteiger partial charge in [-0.2, -0.15) is 0 Å². The second-order valence-electron chi connectivity index (χ2n) is 9.79. The molecule has 0 aromatic heterocycles. The summed E-state index contributed by atoms with van der Waals surface area (Å²) in [5.74, 6) is -0.192. The van der Waals surface area contributed by atoms with Gasteiger partial charge in [0.25, 0.3) is 5.91 Å². The monoisotopic (exact) mass is 472 g/mol. The number of nitrogens with one attached hydrogen (secondary N) is 2. The fourth-order valence-corrected chi connectivity index (χ4v) is 4.50. The highest BCUT2D eigenvalue weighted by atomic mass is 16.2. The lowest BCUT2D eigenvalue weighted by molar-refractivity contribution is -0.116. The molecule has 1 aromatic rings. The van der Waals surface area contributed by atoms with Crippen LogP contribution < -0.4 is 10.6 Å². The number of amides is 2. The molecule has 0 radical (unpaired) electrons. The van der Waals surface area contributed by atoms with Crippen LogP contribution in [0.25, 0.3) is 0 Å². The van der Waals surface area contributed by atoms with Crippen molar-refractivity contribution >= 4 is 17.5 Å². The van der Waals surface area contributed by atoms with Crippen LogP contribution in [-0.4, -0.2) is 18.9 Å². The van der Waals surface area contributed by atoms with E-state index in [0.29, 0.717) is 17.7 Å². The zero-order valence-corrected chi connectivity index (χ0v) is 22.3. The number of unbranched alkanes of at least 4 members (excludes halogenated alkanes) is 18. The van der Waals surface area contributed by atoms with Crippen LogP contribution >= 0.6 is 0 Å². The quantitative estimate of drug-likeness (QED) is 0.166. The van der Waals surface area contributed by atoms with Gasteiger partial charge in [0.05, 0.1) is 11.3 Å². The van der Waals surface area contributed by atoms with Gasteiger partial charge in [-0.25, -0.2) is 0 Å². The number of hydrogen-bond donors (Lipinski definition) is 2. The van der Waals surface area contributed by atoms with Gasteiger partial charge >= 0.3 is 0 Å². The van der Waals surface area contributed by atoms with Crippen molar-refractivity contribution in [3.63, 3.8) is 0 Å². The summed E-state index contributed by atoms with van der Waals surface area (Å²) in [5.41, 5.74) is 1.09. The Hall–Kier alpha value is -1.84. The van der Waals surface area contributed by atoms with Crippen molar-refractivity contribution in [3.8, 4) is 0 Å². The average Bonchev–Trinajstić information content (AvgIpc) is 2.85. The van der Waals surface area contributed by atoms with Gasteiger partial charge in [-0.1, -0.05) is 135 Å². The molecule has 4 nitrogen and oxygen atoms in total. The highest BCUT2D eigenvalue weighted by Gasteiger charge is 2.11. The fraction of sp³-hybridized carbons (Fsp3) is 0.733. The lowest BCUT2D eigenvalue weighted by Crippen LogP contribution is -2.21. The largest absolute Gasteiger partial charge is 0.355 e. The first-order valence-corrected chi connectivity index (χ1v) is 14.3. The standard InChI is InChI=1S/C30H52N2O2/c1-3-4-5-6-7-8-9-10-11-12-13-14-15-16-17-18-19-20-21-26-29(33)32-28-25-23-22-24-27(28)30(34)31-2/h22-25H,3-21,26H2,1-2H3,(H,31,34)(H,32,33). The van der Waals surface area contributed by atoms with E-state index in [0.717, 1.165) is 12.8 Å². The second-order valence-corrected chi connectivity index (χ2v) is 9.79. The maximum absolute atomic E-state index is 12.2. The smallest absolute Gasteiger partial charge is 0.253 e. The van der Waals surface area contributed by atoms with Gasteiger partial charge < -0.3 is 10.6 Å². The van der Waals surface area contributed by atoms with Crippen molar-refractivity contribution in [2.75, 3.05) is 12.4 Å². The molecule has 2 amide bonds. The SMILES string of the molecule is CCCCCCCCCCCCCCCCCCCCCC(=O)Nc1ccccc1C(=O)NC. The second kappa shape index (κ2) is 21.7. The predicted molar refractivity (Wildman–Crippen MR) is 146 cm³/mol. The Balaban J connectivity index is 1.87. The Morgan fingerprint density at radius 1 is 0.618 bits per heavy atom. The Bertz CT molecular complexity index is 644. The van der Waals surface area contributed by atoms with Crippen molar-refractivity contribution in [1.82, 2.24) is 5.32 Å². The van der Waals surface area contributed by atoms with Crippen LogP contribution in [0.5, 0.6) is 0 Å². The van der Waals surface area contributed by atoms with Crippen LogP contribution in [0.3, 0.4) is 0 Å². The number of carbonyl (C=O) groups is 2. The molecular weight excluding hydrogens is 420 g/mol. The molecule has 0 bridgehead atoms. The van der Waals surface area contributed by atoms with Crippen LogP contribution in [0.4, 0.5) is 5.69 Å². The molecule has 2 N–H and O–H groups in total. The van der Waals surface area contributed by atoms with Crippen molar-refractivity contribution in [2.45, 2.75) is 135 Å². The molecule has 0 aliphatic heterocycles. The van der Waals surface area contributed by atoms with Gasteiger partial charge in [-0.05, 0) is 18.6 Å². The third-order valence-corrected chi connectivity index (χ3v) is 6.68. The molecule has 0 spiro atoms. The molecule has 0 heterocycles. The van der Waals surface area contributed by atoms with Crippen LogP contribution in [0, 0.1) is 0 Å². The van der Waals surface area contributed by atoms with Gasteiger partial charge in [0.1, 0.15) is 0 Å². The van der Waals surface area contributed by atoms with E-state index in [1.54, 1.807) is 25.2 Å². The molecule has 0 unspecified atom stereocenters. The Morgan fingerprint density at radius 3 is 1.47 bits per heavy atom. The summed E-state index contributed by atoms with van der Waals surface area (Å²) in [5, 5.41) is 5.50. The first-order chi connectivity index (χ1) is 16.7. The van der Waals surface area contributed by atoms with Crippen LogP contribution in [0.1, 0.15) is 146 Å². The third kappa shape index (κ3) is 15.9. The molecule has 34 heavy (non-hydrogen) atoms. The summed E-state index contributed by atoms with van der Waals surface area (Å²) in [7, 11) is 1.60. The van der Waals surface area contributed by atoms with Crippen molar-refractivity contribution in [3.05, 3.63) is 29.8 Å². The first-order valence-electron chi connectivity index (χ1n) is 14.3. The molecule has 1 aromatic carbocycles. The number of anilines is 1. The van der Waals surface area contributed by atoms with E-state index < -0.39 is 0 Å². The molecule has 0 saturated carbocycles. The molecular formula is C30H52N2O2. The van der Waals surface area contributed by atoms with E-state index in [1.807, 2.05) is 6.07 Å². The lowest BCUT2D eigenvalue weighted by atomic mass is 10.0. The van der Waals surface area contributed by atoms with E-state index in [4.69, 9.17) is 0 Å². The minimum atomic E-state index is -0.181. The molecule has 0 atom stereocenters.